The summed E-state index contributed by atoms with van der Waals surface area (Å²) in [4.78, 5) is 66.0. The minimum Gasteiger partial charge on any atom is -0.444 e. The highest BCUT2D eigenvalue weighted by Gasteiger charge is 2.38. The third-order valence-corrected chi connectivity index (χ3v) is 6.24. The van der Waals surface area contributed by atoms with Gasteiger partial charge in [-0.3, -0.25) is 19.2 Å². The van der Waals surface area contributed by atoms with Crippen LogP contribution in [0.1, 0.15) is 94.4 Å². The van der Waals surface area contributed by atoms with E-state index in [1.54, 1.807) is 20.8 Å². The van der Waals surface area contributed by atoms with Crippen LogP contribution in [0.2, 0.25) is 0 Å². The Bertz CT molecular complexity index is 867. The molecule has 5 N–H and O–H groups in total. The fourth-order valence-corrected chi connectivity index (χ4v) is 4.62. The number of carbonyl (C=O) groups excluding carboxylic acids is 5. The molecule has 1 rings (SSSR count). The molecule has 0 aromatic carbocycles. The molecule has 1 saturated heterocycles. The van der Waals surface area contributed by atoms with Gasteiger partial charge in [0.05, 0.1) is 0 Å². The van der Waals surface area contributed by atoms with Crippen molar-refractivity contribution in [1.82, 2.24) is 20.9 Å². The molecule has 1 aliphatic rings. The summed E-state index contributed by atoms with van der Waals surface area (Å²) in [6.07, 6.45) is 1.48. The maximum Gasteiger partial charge on any atom is 0.408 e. The summed E-state index contributed by atoms with van der Waals surface area (Å²) in [5.41, 5.74) is 4.78. The van der Waals surface area contributed by atoms with E-state index >= 15 is 0 Å². The fourth-order valence-electron chi connectivity index (χ4n) is 4.62. The van der Waals surface area contributed by atoms with Gasteiger partial charge in [0, 0.05) is 6.54 Å². The van der Waals surface area contributed by atoms with Crippen LogP contribution in [0.5, 0.6) is 0 Å². The van der Waals surface area contributed by atoms with Gasteiger partial charge >= 0.3 is 6.09 Å². The van der Waals surface area contributed by atoms with Gasteiger partial charge in [-0.15, -0.1) is 0 Å². The number of amides is 5. The van der Waals surface area contributed by atoms with Gasteiger partial charge in [0.25, 0.3) is 0 Å². The van der Waals surface area contributed by atoms with Gasteiger partial charge in [-0.05, 0) is 70.6 Å². The molecule has 4 atom stereocenters. The molecule has 0 saturated carbocycles. The number of nitrogens with one attached hydrogen (secondary N) is 3. The lowest BCUT2D eigenvalue weighted by molar-refractivity contribution is -0.141. The first-order chi connectivity index (χ1) is 17.9. The highest BCUT2D eigenvalue weighted by atomic mass is 16.6. The number of nitrogens with two attached hydrogens (primary N) is 1. The summed E-state index contributed by atoms with van der Waals surface area (Å²) in [7, 11) is 0. The number of hydrogen-bond donors (Lipinski definition) is 4. The molecule has 11 heteroatoms. The van der Waals surface area contributed by atoms with Crippen LogP contribution in [0.3, 0.4) is 0 Å². The number of nitrogens with zero attached hydrogens (tertiary/aromatic N) is 1. The molecular weight excluding hydrogens is 502 g/mol. The van der Waals surface area contributed by atoms with Crippen LogP contribution >= 0.6 is 0 Å². The Morgan fingerprint density at radius 2 is 1.23 bits per heavy atom. The molecule has 1 aliphatic heterocycles. The Morgan fingerprint density at radius 1 is 0.795 bits per heavy atom. The van der Waals surface area contributed by atoms with Gasteiger partial charge in [-0.2, -0.15) is 0 Å². The molecule has 0 radical (unpaired) electrons. The highest BCUT2D eigenvalue weighted by Crippen LogP contribution is 2.20. The Morgan fingerprint density at radius 3 is 1.67 bits per heavy atom. The normalized spacial score (nSPS) is 18.1. The van der Waals surface area contributed by atoms with E-state index in [1.807, 2.05) is 41.5 Å². The van der Waals surface area contributed by atoms with E-state index in [1.165, 1.54) is 4.90 Å². The van der Waals surface area contributed by atoms with E-state index < -0.39 is 53.6 Å². The third kappa shape index (κ3) is 12.3. The molecular formula is C28H51N5O6. The van der Waals surface area contributed by atoms with Gasteiger partial charge in [-0.1, -0.05) is 41.5 Å². The van der Waals surface area contributed by atoms with E-state index in [9.17, 15) is 24.0 Å². The highest BCUT2D eigenvalue weighted by molar-refractivity contribution is 5.95. The minimum absolute atomic E-state index is 0.0560. The molecule has 0 spiro atoms. The zero-order valence-corrected chi connectivity index (χ0v) is 25.3. The summed E-state index contributed by atoms with van der Waals surface area (Å²) in [5, 5.41) is 8.26. The number of likely N-dealkylation sites (tertiary alicyclic amines) is 1. The molecule has 5 amide bonds. The predicted octanol–water partition coefficient (Wildman–Crippen LogP) is 2.46. The Hall–Kier alpha value is -2.85. The summed E-state index contributed by atoms with van der Waals surface area (Å²) in [5.74, 6) is -1.69. The summed E-state index contributed by atoms with van der Waals surface area (Å²) in [6, 6.07) is -3.39. The van der Waals surface area contributed by atoms with Crippen LogP contribution in [-0.4, -0.2) is 70.9 Å². The number of rotatable bonds is 13. The average Bonchev–Trinajstić information content (AvgIpc) is 3.25. The average molecular weight is 554 g/mol. The van der Waals surface area contributed by atoms with E-state index in [0.717, 1.165) is 0 Å². The van der Waals surface area contributed by atoms with Gasteiger partial charge in [-0.25, -0.2) is 4.79 Å². The van der Waals surface area contributed by atoms with Crippen LogP contribution in [0.15, 0.2) is 0 Å². The van der Waals surface area contributed by atoms with E-state index in [0.29, 0.717) is 38.6 Å². The van der Waals surface area contributed by atoms with Gasteiger partial charge in [0.15, 0.2) is 0 Å². The molecule has 1 fully saturated rings. The second-order valence-corrected chi connectivity index (χ2v) is 12.8. The molecule has 0 bridgehead atoms. The maximum absolute atomic E-state index is 13.5. The fraction of sp³-hybridized carbons (Fsp3) is 0.821. The lowest BCUT2D eigenvalue weighted by atomic mass is 9.98. The largest absolute Gasteiger partial charge is 0.444 e. The first-order valence-electron chi connectivity index (χ1n) is 14.1. The zero-order valence-electron chi connectivity index (χ0n) is 25.3. The van der Waals surface area contributed by atoms with Crippen molar-refractivity contribution in [3.8, 4) is 0 Å². The summed E-state index contributed by atoms with van der Waals surface area (Å²) >= 11 is 0. The summed E-state index contributed by atoms with van der Waals surface area (Å²) in [6.45, 7) is 17.2. The number of carbonyl (C=O) groups is 5. The molecule has 0 aromatic rings. The first-order valence-corrected chi connectivity index (χ1v) is 14.1. The molecule has 0 unspecified atom stereocenters. The number of ether oxygens (including phenoxy) is 1. The quantitative estimate of drug-likeness (QED) is 0.274. The van der Waals surface area contributed by atoms with Crippen molar-refractivity contribution < 1.29 is 28.7 Å². The Kier molecular flexibility index (Phi) is 13.2. The second kappa shape index (κ2) is 15.1. The standard InChI is InChI=1S/C28H51N5O6/c1-16(2)13-19(30-25(36)20(14-17(3)4)32-27(38)39-28(7,8)9)24(35)31-21(15-18(5)6)26(37)33-12-10-11-22(33)23(29)34/h16-22H,10-15H2,1-9H3,(H2,29,34)(H,30,36)(H,31,35)(H,32,38)/t19-,20+,21-,22-/m1/s1. The van der Waals surface area contributed by atoms with E-state index in [-0.39, 0.29) is 23.7 Å². The van der Waals surface area contributed by atoms with E-state index in [4.69, 9.17) is 10.5 Å². The van der Waals surface area contributed by atoms with Crippen LogP contribution in [0, 0.1) is 17.8 Å². The van der Waals surface area contributed by atoms with Crippen molar-refractivity contribution in [3.63, 3.8) is 0 Å². The van der Waals surface area contributed by atoms with Crippen molar-refractivity contribution in [2.45, 2.75) is 124 Å². The van der Waals surface area contributed by atoms with Gasteiger partial charge < -0.3 is 31.3 Å². The van der Waals surface area contributed by atoms with Crippen molar-refractivity contribution in [1.29, 1.82) is 0 Å². The molecule has 0 aromatic heterocycles. The summed E-state index contributed by atoms with van der Waals surface area (Å²) < 4.78 is 5.32. The monoisotopic (exact) mass is 553 g/mol. The smallest absolute Gasteiger partial charge is 0.408 e. The molecule has 224 valence electrons. The first kappa shape index (κ1) is 34.2. The number of primary amides is 1. The Labute approximate surface area is 233 Å². The second-order valence-electron chi connectivity index (χ2n) is 12.8. The van der Waals surface area contributed by atoms with Crippen molar-refractivity contribution in [3.05, 3.63) is 0 Å². The van der Waals surface area contributed by atoms with E-state index in [2.05, 4.69) is 16.0 Å². The van der Waals surface area contributed by atoms with Crippen LogP contribution < -0.4 is 21.7 Å². The lowest BCUT2D eigenvalue weighted by Gasteiger charge is -2.31. The van der Waals surface area contributed by atoms with Crippen LogP contribution in [0.25, 0.3) is 0 Å². The van der Waals surface area contributed by atoms with Crippen molar-refractivity contribution >= 4 is 29.7 Å². The Balaban J connectivity index is 3.11. The minimum atomic E-state index is -0.930. The maximum atomic E-state index is 13.5. The predicted molar refractivity (Wildman–Crippen MR) is 149 cm³/mol. The van der Waals surface area contributed by atoms with Gasteiger partial charge in [0.2, 0.25) is 23.6 Å². The third-order valence-electron chi connectivity index (χ3n) is 6.24. The van der Waals surface area contributed by atoms with Crippen LogP contribution in [0.4, 0.5) is 4.79 Å². The number of alkyl carbamates (subject to hydrolysis) is 1. The molecule has 1 heterocycles. The SMILES string of the molecule is CC(C)C[C@H](NC(=O)OC(C)(C)C)C(=O)N[C@H](CC(C)C)C(=O)N[C@H](CC(C)C)C(=O)N1CCC[C@@H]1C(N)=O. The number of hydrogen-bond acceptors (Lipinski definition) is 6. The van der Waals surface area contributed by atoms with Gasteiger partial charge in [0.1, 0.15) is 29.8 Å². The van der Waals surface area contributed by atoms with Crippen molar-refractivity contribution in [2.75, 3.05) is 6.54 Å². The lowest BCUT2D eigenvalue weighted by Crippen LogP contribution is -2.58. The molecule has 0 aliphatic carbocycles. The van der Waals surface area contributed by atoms with Crippen molar-refractivity contribution in [2.24, 2.45) is 23.5 Å². The topological polar surface area (TPSA) is 160 Å². The molecule has 11 nitrogen and oxygen atoms in total. The zero-order chi connectivity index (χ0) is 30.1. The molecule has 39 heavy (non-hydrogen) atoms. The van der Waals surface area contributed by atoms with Crippen LogP contribution in [-0.2, 0) is 23.9 Å².